The minimum Gasteiger partial charge on any atom is -0.357 e. The number of aromatic nitrogens is 1. The first-order valence-corrected chi connectivity index (χ1v) is 6.47. The summed E-state index contributed by atoms with van der Waals surface area (Å²) < 4.78 is 1.92. The van der Waals surface area contributed by atoms with E-state index in [9.17, 15) is 4.79 Å². The van der Waals surface area contributed by atoms with Crippen molar-refractivity contribution >= 4 is 5.78 Å². The standard InChI is InChI=1S/C14H23N3O/c1-14(2)11-17(8-7-16(14)4)10-13(18)12-5-6-15(3)9-12/h5-6,9H,7-8,10-11H2,1-4H3. The van der Waals surface area contributed by atoms with Gasteiger partial charge in [0.25, 0.3) is 0 Å². The normalized spacial score (nSPS) is 21.1. The number of rotatable bonds is 3. The lowest BCUT2D eigenvalue weighted by Crippen LogP contribution is -2.58. The Morgan fingerprint density at radius 1 is 1.33 bits per heavy atom. The van der Waals surface area contributed by atoms with E-state index in [1.165, 1.54) is 0 Å². The average Bonchev–Trinajstić information content (AvgIpc) is 2.70. The average molecular weight is 249 g/mol. The molecule has 2 rings (SSSR count). The van der Waals surface area contributed by atoms with Gasteiger partial charge in [0.1, 0.15) is 0 Å². The zero-order valence-corrected chi connectivity index (χ0v) is 11.8. The zero-order chi connectivity index (χ0) is 13.3. The maximum atomic E-state index is 12.2. The van der Waals surface area contributed by atoms with Gasteiger partial charge >= 0.3 is 0 Å². The predicted octanol–water partition coefficient (Wildman–Crippen LogP) is 1.23. The molecular formula is C14H23N3O. The molecule has 1 aromatic rings. The first-order valence-electron chi connectivity index (χ1n) is 6.47. The molecule has 0 aromatic carbocycles. The molecule has 1 aromatic heterocycles. The van der Waals surface area contributed by atoms with E-state index >= 15 is 0 Å². The van der Waals surface area contributed by atoms with Gasteiger partial charge in [-0.15, -0.1) is 0 Å². The Morgan fingerprint density at radius 2 is 2.06 bits per heavy atom. The topological polar surface area (TPSA) is 28.5 Å². The summed E-state index contributed by atoms with van der Waals surface area (Å²) in [6.45, 7) is 7.93. The Bertz CT molecular complexity index is 436. The maximum absolute atomic E-state index is 12.2. The van der Waals surface area contributed by atoms with Crippen molar-refractivity contribution in [3.63, 3.8) is 0 Å². The van der Waals surface area contributed by atoms with Crippen LogP contribution in [0.5, 0.6) is 0 Å². The van der Waals surface area contributed by atoms with Gasteiger partial charge in [0.05, 0.1) is 6.54 Å². The summed E-state index contributed by atoms with van der Waals surface area (Å²) in [5, 5.41) is 0. The summed E-state index contributed by atoms with van der Waals surface area (Å²) in [4.78, 5) is 16.8. The molecule has 0 spiro atoms. The van der Waals surface area contributed by atoms with Crippen molar-refractivity contribution < 1.29 is 4.79 Å². The summed E-state index contributed by atoms with van der Waals surface area (Å²) in [7, 11) is 4.09. The lowest BCUT2D eigenvalue weighted by molar-refractivity contribution is 0.0390. The highest BCUT2D eigenvalue weighted by Gasteiger charge is 2.31. The fourth-order valence-corrected chi connectivity index (χ4v) is 2.44. The molecule has 1 aliphatic rings. The highest BCUT2D eigenvalue weighted by Crippen LogP contribution is 2.19. The smallest absolute Gasteiger partial charge is 0.178 e. The number of aryl methyl sites for hydroxylation is 1. The Morgan fingerprint density at radius 3 is 2.61 bits per heavy atom. The number of hydrogen-bond donors (Lipinski definition) is 0. The van der Waals surface area contributed by atoms with Crippen molar-refractivity contribution in [3.05, 3.63) is 24.0 Å². The molecule has 0 amide bonds. The molecule has 100 valence electrons. The summed E-state index contributed by atoms with van der Waals surface area (Å²) in [5.74, 6) is 0.218. The molecule has 1 saturated heterocycles. The fourth-order valence-electron chi connectivity index (χ4n) is 2.44. The van der Waals surface area contributed by atoms with E-state index in [0.29, 0.717) is 6.54 Å². The minimum atomic E-state index is 0.148. The van der Waals surface area contributed by atoms with Crippen molar-refractivity contribution in [1.82, 2.24) is 14.4 Å². The lowest BCUT2D eigenvalue weighted by Gasteiger charge is -2.45. The molecule has 1 aliphatic heterocycles. The molecule has 0 aliphatic carbocycles. The number of hydrogen-bond acceptors (Lipinski definition) is 3. The molecule has 0 unspecified atom stereocenters. The van der Waals surface area contributed by atoms with Crippen LogP contribution in [0.4, 0.5) is 0 Å². The van der Waals surface area contributed by atoms with Crippen LogP contribution in [0.3, 0.4) is 0 Å². The number of piperazine rings is 1. The second kappa shape index (κ2) is 4.86. The third-order valence-corrected chi connectivity index (χ3v) is 3.92. The molecule has 0 bridgehead atoms. The number of Topliss-reactive ketones (excluding diaryl/α,β-unsaturated/α-hetero) is 1. The summed E-state index contributed by atoms with van der Waals surface area (Å²) >= 11 is 0. The van der Waals surface area contributed by atoms with Crippen LogP contribution in [0, 0.1) is 0 Å². The largest absolute Gasteiger partial charge is 0.357 e. The zero-order valence-electron chi connectivity index (χ0n) is 11.8. The van der Waals surface area contributed by atoms with Crippen molar-refractivity contribution in [1.29, 1.82) is 0 Å². The number of carbonyl (C=O) groups excluding carboxylic acids is 1. The fraction of sp³-hybridized carbons (Fsp3) is 0.643. The van der Waals surface area contributed by atoms with Gasteiger partial charge in [-0.1, -0.05) is 0 Å². The van der Waals surface area contributed by atoms with Crippen LogP contribution in [0.15, 0.2) is 18.5 Å². The van der Waals surface area contributed by atoms with E-state index in [1.54, 1.807) is 0 Å². The van der Waals surface area contributed by atoms with Gasteiger partial charge in [0, 0.05) is 50.2 Å². The molecular weight excluding hydrogens is 226 g/mol. The highest BCUT2D eigenvalue weighted by molar-refractivity contribution is 5.97. The molecule has 0 saturated carbocycles. The Hall–Kier alpha value is -1.13. The van der Waals surface area contributed by atoms with Gasteiger partial charge in [0.2, 0.25) is 0 Å². The van der Waals surface area contributed by atoms with Gasteiger partial charge in [-0.2, -0.15) is 0 Å². The van der Waals surface area contributed by atoms with E-state index in [-0.39, 0.29) is 11.3 Å². The third-order valence-electron chi connectivity index (χ3n) is 3.92. The van der Waals surface area contributed by atoms with Crippen LogP contribution in [-0.4, -0.2) is 58.9 Å². The van der Waals surface area contributed by atoms with E-state index < -0.39 is 0 Å². The number of ketones is 1. The molecule has 2 heterocycles. The second-order valence-corrected chi connectivity index (χ2v) is 5.93. The van der Waals surface area contributed by atoms with Gasteiger partial charge in [-0.25, -0.2) is 0 Å². The molecule has 1 fully saturated rings. The monoisotopic (exact) mass is 249 g/mol. The van der Waals surface area contributed by atoms with Crippen LogP contribution in [0.1, 0.15) is 24.2 Å². The van der Waals surface area contributed by atoms with Crippen LogP contribution < -0.4 is 0 Å². The van der Waals surface area contributed by atoms with Crippen LogP contribution in [0.2, 0.25) is 0 Å². The highest BCUT2D eigenvalue weighted by atomic mass is 16.1. The number of nitrogens with zero attached hydrogens (tertiary/aromatic N) is 3. The van der Waals surface area contributed by atoms with Crippen LogP contribution in [0.25, 0.3) is 0 Å². The van der Waals surface area contributed by atoms with Crippen molar-refractivity contribution in [3.8, 4) is 0 Å². The Kier molecular flexibility index (Phi) is 3.59. The van der Waals surface area contributed by atoms with E-state index in [0.717, 1.165) is 25.2 Å². The summed E-state index contributed by atoms with van der Waals surface area (Å²) in [6, 6.07) is 1.89. The first-order chi connectivity index (χ1) is 8.38. The van der Waals surface area contributed by atoms with Gasteiger partial charge < -0.3 is 4.57 Å². The third kappa shape index (κ3) is 2.82. The second-order valence-electron chi connectivity index (χ2n) is 5.93. The molecule has 0 radical (unpaired) electrons. The number of likely N-dealkylation sites (N-methyl/N-ethyl adjacent to an activating group) is 1. The predicted molar refractivity (Wildman–Crippen MR) is 72.9 cm³/mol. The number of carbonyl (C=O) groups is 1. The Balaban J connectivity index is 1.96. The van der Waals surface area contributed by atoms with Crippen LogP contribution in [-0.2, 0) is 7.05 Å². The van der Waals surface area contributed by atoms with E-state index in [2.05, 4.69) is 30.7 Å². The molecule has 4 heteroatoms. The maximum Gasteiger partial charge on any atom is 0.178 e. The van der Waals surface area contributed by atoms with E-state index in [4.69, 9.17) is 0 Å². The molecule has 4 nitrogen and oxygen atoms in total. The minimum absolute atomic E-state index is 0.148. The van der Waals surface area contributed by atoms with Crippen molar-refractivity contribution in [2.24, 2.45) is 7.05 Å². The summed E-state index contributed by atoms with van der Waals surface area (Å²) in [5.41, 5.74) is 0.962. The van der Waals surface area contributed by atoms with Gasteiger partial charge in [0.15, 0.2) is 5.78 Å². The van der Waals surface area contributed by atoms with Gasteiger partial charge in [-0.3, -0.25) is 14.6 Å². The summed E-state index contributed by atoms with van der Waals surface area (Å²) in [6.07, 6.45) is 3.81. The quantitative estimate of drug-likeness (QED) is 0.754. The molecule has 0 atom stereocenters. The van der Waals surface area contributed by atoms with Crippen LogP contribution >= 0.6 is 0 Å². The lowest BCUT2D eigenvalue weighted by atomic mass is 9.99. The van der Waals surface area contributed by atoms with E-state index in [1.807, 2.05) is 30.1 Å². The Labute approximate surface area is 109 Å². The van der Waals surface area contributed by atoms with Crippen molar-refractivity contribution in [2.75, 3.05) is 33.2 Å². The van der Waals surface area contributed by atoms with Crippen molar-refractivity contribution in [2.45, 2.75) is 19.4 Å². The first kappa shape index (κ1) is 13.3. The van der Waals surface area contributed by atoms with Gasteiger partial charge in [-0.05, 0) is 27.0 Å². The molecule has 0 N–H and O–H groups in total. The molecule has 18 heavy (non-hydrogen) atoms. The SMILES string of the molecule is CN1CCN(CC(=O)c2ccn(C)c2)CC1(C)C.